The molecule has 0 fully saturated rings. The molecule has 0 saturated heterocycles. The van der Waals surface area contributed by atoms with Gasteiger partial charge in [-0.25, -0.2) is 13.6 Å². The molecule has 1 amide bonds. The largest absolute Gasteiger partial charge is 0.444 e. The molecule has 0 aromatic heterocycles. The van der Waals surface area contributed by atoms with Crippen LogP contribution in [0.5, 0.6) is 0 Å². The second-order valence-corrected chi connectivity index (χ2v) is 5.28. The molecule has 0 spiro atoms. The fraction of sp³-hybridized carbons (Fsp3) is 0.917. The molecule has 0 radical (unpaired) electrons. The summed E-state index contributed by atoms with van der Waals surface area (Å²) in [7, 11) is 0. The van der Waals surface area contributed by atoms with Crippen molar-refractivity contribution in [1.29, 1.82) is 0 Å². The average molecular weight is 266 g/mol. The van der Waals surface area contributed by atoms with E-state index in [4.69, 9.17) is 4.74 Å². The van der Waals surface area contributed by atoms with E-state index in [2.05, 4.69) is 10.6 Å². The number of nitrogens with one attached hydrogen (secondary N) is 2. The van der Waals surface area contributed by atoms with Gasteiger partial charge in [0.25, 0.3) is 6.43 Å². The van der Waals surface area contributed by atoms with Gasteiger partial charge in [0.05, 0.1) is 6.04 Å². The molecule has 0 bridgehead atoms. The number of alkyl carbamates (subject to hydrolysis) is 1. The molecule has 0 aromatic rings. The normalized spacial score (nSPS) is 15.3. The Balaban J connectivity index is 4.08. The molecule has 0 heterocycles. The first-order chi connectivity index (χ1) is 8.15. The molecule has 6 heteroatoms. The first-order valence-electron chi connectivity index (χ1n) is 6.16. The van der Waals surface area contributed by atoms with Gasteiger partial charge in [0.1, 0.15) is 5.60 Å². The van der Waals surface area contributed by atoms with Crippen molar-refractivity contribution in [2.45, 2.75) is 65.1 Å². The zero-order valence-corrected chi connectivity index (χ0v) is 11.7. The average Bonchev–Trinajstić information content (AvgIpc) is 2.20. The molecule has 2 unspecified atom stereocenters. The van der Waals surface area contributed by atoms with Crippen LogP contribution in [-0.2, 0) is 4.74 Å². The van der Waals surface area contributed by atoms with Gasteiger partial charge in [0.15, 0.2) is 0 Å². The van der Waals surface area contributed by atoms with Crippen molar-refractivity contribution >= 4 is 6.09 Å². The monoisotopic (exact) mass is 266 g/mol. The maximum Gasteiger partial charge on any atom is 0.407 e. The van der Waals surface area contributed by atoms with Gasteiger partial charge < -0.3 is 15.4 Å². The summed E-state index contributed by atoms with van der Waals surface area (Å²) in [5.41, 5.74) is -0.563. The highest BCUT2D eigenvalue weighted by molar-refractivity contribution is 5.68. The van der Waals surface area contributed by atoms with Crippen molar-refractivity contribution in [3.63, 3.8) is 0 Å². The standard InChI is InChI=1S/C12H24F2N2O2/c1-6-9(7-15-8(2)10(13)14)16-11(17)18-12(3,4)5/h8-10,15H,6-7H2,1-5H3,(H,16,17). The van der Waals surface area contributed by atoms with Crippen LogP contribution in [0.25, 0.3) is 0 Å². The van der Waals surface area contributed by atoms with Crippen LogP contribution in [0.3, 0.4) is 0 Å². The lowest BCUT2D eigenvalue weighted by atomic mass is 10.2. The summed E-state index contributed by atoms with van der Waals surface area (Å²) >= 11 is 0. The van der Waals surface area contributed by atoms with E-state index in [-0.39, 0.29) is 6.04 Å². The molecule has 0 aromatic carbocycles. The molecular formula is C12H24F2N2O2. The van der Waals surface area contributed by atoms with Gasteiger partial charge in [0.2, 0.25) is 0 Å². The number of carbonyl (C=O) groups is 1. The molecule has 2 N–H and O–H groups in total. The van der Waals surface area contributed by atoms with E-state index in [0.717, 1.165) is 0 Å². The van der Waals surface area contributed by atoms with Crippen LogP contribution in [-0.4, -0.2) is 36.7 Å². The SMILES string of the molecule is CCC(CNC(C)C(F)F)NC(=O)OC(C)(C)C. The maximum absolute atomic E-state index is 12.3. The smallest absolute Gasteiger partial charge is 0.407 e. The van der Waals surface area contributed by atoms with Gasteiger partial charge in [-0.2, -0.15) is 0 Å². The predicted octanol–water partition coefficient (Wildman–Crippen LogP) is 2.53. The first-order valence-corrected chi connectivity index (χ1v) is 6.16. The number of hydrogen-bond acceptors (Lipinski definition) is 3. The third kappa shape index (κ3) is 8.22. The quantitative estimate of drug-likeness (QED) is 0.776. The van der Waals surface area contributed by atoms with E-state index in [0.29, 0.717) is 13.0 Å². The summed E-state index contributed by atoms with van der Waals surface area (Å²) in [6.07, 6.45) is -2.30. The summed E-state index contributed by atoms with van der Waals surface area (Å²) in [6, 6.07) is -1.11. The number of ether oxygens (including phenoxy) is 1. The van der Waals surface area contributed by atoms with Crippen molar-refractivity contribution in [3.8, 4) is 0 Å². The van der Waals surface area contributed by atoms with E-state index >= 15 is 0 Å². The minimum absolute atomic E-state index is 0.221. The van der Waals surface area contributed by atoms with Crippen LogP contribution in [0.4, 0.5) is 13.6 Å². The number of rotatable bonds is 6. The lowest BCUT2D eigenvalue weighted by Crippen LogP contribution is -2.46. The zero-order valence-electron chi connectivity index (χ0n) is 11.7. The zero-order chi connectivity index (χ0) is 14.3. The lowest BCUT2D eigenvalue weighted by Gasteiger charge is -2.24. The molecule has 0 aliphatic heterocycles. The second kappa shape index (κ2) is 7.51. The molecule has 2 atom stereocenters. The Morgan fingerprint density at radius 2 is 1.89 bits per heavy atom. The van der Waals surface area contributed by atoms with Crippen LogP contribution in [0.1, 0.15) is 41.0 Å². The van der Waals surface area contributed by atoms with Gasteiger partial charge >= 0.3 is 6.09 Å². The van der Waals surface area contributed by atoms with E-state index < -0.39 is 24.2 Å². The molecule has 0 aliphatic rings. The topological polar surface area (TPSA) is 50.4 Å². The molecule has 0 rings (SSSR count). The van der Waals surface area contributed by atoms with Crippen LogP contribution in [0.15, 0.2) is 0 Å². The van der Waals surface area contributed by atoms with E-state index in [1.165, 1.54) is 6.92 Å². The van der Waals surface area contributed by atoms with Gasteiger partial charge in [-0.05, 0) is 34.1 Å². The molecule has 108 valence electrons. The van der Waals surface area contributed by atoms with Crippen molar-refractivity contribution in [3.05, 3.63) is 0 Å². The van der Waals surface area contributed by atoms with Gasteiger partial charge in [-0.1, -0.05) is 6.92 Å². The Morgan fingerprint density at radius 3 is 2.28 bits per heavy atom. The number of hydrogen-bond donors (Lipinski definition) is 2. The minimum Gasteiger partial charge on any atom is -0.444 e. The highest BCUT2D eigenvalue weighted by atomic mass is 19.3. The molecule has 18 heavy (non-hydrogen) atoms. The summed E-state index contributed by atoms with van der Waals surface area (Å²) in [5.74, 6) is 0. The highest BCUT2D eigenvalue weighted by Gasteiger charge is 2.20. The third-order valence-corrected chi connectivity index (χ3v) is 2.28. The second-order valence-electron chi connectivity index (χ2n) is 5.28. The minimum atomic E-state index is -2.41. The first kappa shape index (κ1) is 17.1. The van der Waals surface area contributed by atoms with Crippen LogP contribution in [0, 0.1) is 0 Å². The molecule has 0 saturated carbocycles. The Morgan fingerprint density at radius 1 is 1.33 bits per heavy atom. The Bertz CT molecular complexity index is 255. The maximum atomic E-state index is 12.3. The van der Waals surface area contributed by atoms with E-state index in [9.17, 15) is 13.6 Å². The predicted molar refractivity (Wildman–Crippen MR) is 66.9 cm³/mol. The van der Waals surface area contributed by atoms with Crippen molar-refractivity contribution in [2.75, 3.05) is 6.54 Å². The number of carbonyl (C=O) groups excluding carboxylic acids is 1. The number of alkyl halides is 2. The van der Waals surface area contributed by atoms with Crippen molar-refractivity contribution in [2.24, 2.45) is 0 Å². The Labute approximate surface area is 107 Å². The molecule has 0 aliphatic carbocycles. The van der Waals surface area contributed by atoms with Gasteiger partial charge in [-0.3, -0.25) is 0 Å². The fourth-order valence-electron chi connectivity index (χ4n) is 1.19. The summed E-state index contributed by atoms with van der Waals surface area (Å²) < 4.78 is 29.7. The van der Waals surface area contributed by atoms with Crippen molar-refractivity contribution < 1.29 is 18.3 Å². The summed E-state index contributed by atoms with van der Waals surface area (Å²) in [4.78, 5) is 11.5. The van der Waals surface area contributed by atoms with Crippen LogP contribution < -0.4 is 10.6 Å². The summed E-state index contributed by atoms with van der Waals surface area (Å²) in [5, 5.41) is 5.33. The third-order valence-electron chi connectivity index (χ3n) is 2.28. The number of halogens is 2. The van der Waals surface area contributed by atoms with Gasteiger partial charge in [0, 0.05) is 12.6 Å². The number of amides is 1. The summed E-state index contributed by atoms with van der Waals surface area (Å²) in [6.45, 7) is 8.88. The van der Waals surface area contributed by atoms with Crippen molar-refractivity contribution in [1.82, 2.24) is 10.6 Å². The fourth-order valence-corrected chi connectivity index (χ4v) is 1.19. The lowest BCUT2D eigenvalue weighted by molar-refractivity contribution is 0.0498. The van der Waals surface area contributed by atoms with E-state index in [1.807, 2.05) is 6.92 Å². The highest BCUT2D eigenvalue weighted by Crippen LogP contribution is 2.07. The van der Waals surface area contributed by atoms with E-state index in [1.54, 1.807) is 20.8 Å². The molecule has 4 nitrogen and oxygen atoms in total. The molecular weight excluding hydrogens is 242 g/mol. The Kier molecular flexibility index (Phi) is 7.13. The van der Waals surface area contributed by atoms with Crippen LogP contribution >= 0.6 is 0 Å². The van der Waals surface area contributed by atoms with Crippen LogP contribution in [0.2, 0.25) is 0 Å². The van der Waals surface area contributed by atoms with Gasteiger partial charge in [-0.15, -0.1) is 0 Å². The Hall–Kier alpha value is -0.910.